The normalized spacial score (nSPS) is 26.1. The molecule has 0 aliphatic heterocycles. The van der Waals surface area contributed by atoms with Crippen LogP contribution < -0.4 is 5.32 Å². The maximum Gasteiger partial charge on any atom is 0.0903 e. The van der Waals surface area contributed by atoms with Gasteiger partial charge < -0.3 is 10.4 Å². The number of hydrogen-bond donors (Lipinski definition) is 2. The van der Waals surface area contributed by atoms with E-state index < -0.39 is 5.60 Å². The number of rotatable bonds is 4. The molecule has 1 aromatic carbocycles. The Bertz CT molecular complexity index is 598. The Hall–Kier alpha value is -1.45. The van der Waals surface area contributed by atoms with Crippen molar-refractivity contribution < 1.29 is 5.11 Å². The summed E-state index contributed by atoms with van der Waals surface area (Å²) in [6.07, 6.45) is 8.58. The highest BCUT2D eigenvalue weighted by Crippen LogP contribution is 2.39. The van der Waals surface area contributed by atoms with Crippen LogP contribution in [-0.2, 0) is 5.60 Å². The van der Waals surface area contributed by atoms with E-state index in [1.807, 2.05) is 24.5 Å². The van der Waals surface area contributed by atoms with Gasteiger partial charge in [0.05, 0.1) is 5.60 Å². The zero-order valence-electron chi connectivity index (χ0n) is 12.7. The van der Waals surface area contributed by atoms with Crippen molar-refractivity contribution in [1.82, 2.24) is 10.3 Å². The molecule has 21 heavy (non-hydrogen) atoms. The van der Waals surface area contributed by atoms with E-state index >= 15 is 0 Å². The van der Waals surface area contributed by atoms with E-state index in [2.05, 4.69) is 29.4 Å². The van der Waals surface area contributed by atoms with E-state index in [9.17, 15) is 5.11 Å². The summed E-state index contributed by atoms with van der Waals surface area (Å²) >= 11 is 0. The van der Waals surface area contributed by atoms with Gasteiger partial charge in [-0.15, -0.1) is 0 Å². The number of nitrogens with one attached hydrogen (secondary N) is 1. The van der Waals surface area contributed by atoms with Crippen molar-refractivity contribution in [2.75, 3.05) is 6.54 Å². The summed E-state index contributed by atoms with van der Waals surface area (Å²) < 4.78 is 0. The lowest BCUT2D eigenvalue weighted by molar-refractivity contribution is -0.00693. The second-order valence-corrected chi connectivity index (χ2v) is 6.16. The Morgan fingerprint density at radius 2 is 2.10 bits per heavy atom. The lowest BCUT2D eigenvalue weighted by Gasteiger charge is -2.37. The Morgan fingerprint density at radius 1 is 1.29 bits per heavy atom. The summed E-state index contributed by atoms with van der Waals surface area (Å²) in [5, 5.41) is 17.0. The second kappa shape index (κ2) is 6.12. The molecule has 1 aliphatic rings. The molecule has 0 amide bonds. The number of hydrogen-bond acceptors (Lipinski definition) is 3. The van der Waals surface area contributed by atoms with Gasteiger partial charge in [0.1, 0.15) is 0 Å². The zero-order valence-corrected chi connectivity index (χ0v) is 12.7. The topological polar surface area (TPSA) is 45.1 Å². The standard InChI is InChI=1S/C18H24N2O/c1-2-11-20-15-6-9-18(21,10-7-15)17-5-3-4-14-13-19-12-8-16(14)17/h3-5,8,12-13,15,20-21H,2,6-7,9-11H2,1H3. The molecule has 0 bridgehead atoms. The van der Waals surface area contributed by atoms with Crippen LogP contribution in [-0.4, -0.2) is 22.7 Å². The van der Waals surface area contributed by atoms with Crippen LogP contribution in [0.4, 0.5) is 0 Å². The minimum absolute atomic E-state index is 0.557. The van der Waals surface area contributed by atoms with Crippen molar-refractivity contribution in [3.8, 4) is 0 Å². The largest absolute Gasteiger partial charge is 0.385 e. The molecule has 1 heterocycles. The summed E-state index contributed by atoms with van der Waals surface area (Å²) in [4.78, 5) is 4.18. The van der Waals surface area contributed by atoms with E-state index in [0.29, 0.717) is 6.04 Å². The van der Waals surface area contributed by atoms with Crippen molar-refractivity contribution in [3.63, 3.8) is 0 Å². The van der Waals surface area contributed by atoms with Crippen LogP contribution in [0.15, 0.2) is 36.7 Å². The van der Waals surface area contributed by atoms with E-state index in [1.165, 1.54) is 0 Å². The highest BCUT2D eigenvalue weighted by atomic mass is 16.3. The Morgan fingerprint density at radius 3 is 2.86 bits per heavy atom. The fraction of sp³-hybridized carbons (Fsp3) is 0.500. The molecule has 0 unspecified atom stereocenters. The van der Waals surface area contributed by atoms with Crippen LogP contribution in [0.5, 0.6) is 0 Å². The number of aromatic nitrogens is 1. The maximum absolute atomic E-state index is 11.1. The van der Waals surface area contributed by atoms with Crippen molar-refractivity contribution in [2.45, 2.75) is 50.7 Å². The molecule has 0 spiro atoms. The molecular formula is C18H24N2O. The van der Waals surface area contributed by atoms with Gasteiger partial charge in [0, 0.05) is 23.8 Å². The predicted molar refractivity (Wildman–Crippen MR) is 86.2 cm³/mol. The monoisotopic (exact) mass is 284 g/mol. The van der Waals surface area contributed by atoms with Crippen LogP contribution >= 0.6 is 0 Å². The van der Waals surface area contributed by atoms with Crippen molar-refractivity contribution in [3.05, 3.63) is 42.2 Å². The minimum atomic E-state index is -0.689. The number of aliphatic hydroxyl groups is 1. The van der Waals surface area contributed by atoms with Crippen molar-refractivity contribution in [2.24, 2.45) is 0 Å². The van der Waals surface area contributed by atoms with E-state index in [1.54, 1.807) is 0 Å². The van der Waals surface area contributed by atoms with Crippen LogP contribution in [0.3, 0.4) is 0 Å². The van der Waals surface area contributed by atoms with Crippen LogP contribution in [0.2, 0.25) is 0 Å². The van der Waals surface area contributed by atoms with Crippen LogP contribution in [0, 0.1) is 0 Å². The Labute approximate surface area is 126 Å². The zero-order chi connectivity index (χ0) is 14.7. The molecule has 1 aromatic heterocycles. The molecule has 1 saturated carbocycles. The molecule has 112 valence electrons. The molecule has 1 aliphatic carbocycles. The molecule has 3 nitrogen and oxygen atoms in total. The molecule has 3 rings (SSSR count). The van der Waals surface area contributed by atoms with E-state index in [0.717, 1.165) is 55.0 Å². The third kappa shape index (κ3) is 2.94. The summed E-state index contributed by atoms with van der Waals surface area (Å²) in [6.45, 7) is 3.26. The molecule has 0 atom stereocenters. The van der Waals surface area contributed by atoms with E-state index in [-0.39, 0.29) is 0 Å². The number of fused-ring (bicyclic) bond motifs is 1. The van der Waals surface area contributed by atoms with Gasteiger partial charge >= 0.3 is 0 Å². The van der Waals surface area contributed by atoms with Gasteiger partial charge in [0.2, 0.25) is 0 Å². The third-order valence-corrected chi connectivity index (χ3v) is 4.68. The molecule has 2 N–H and O–H groups in total. The Kier molecular flexibility index (Phi) is 4.22. The first kappa shape index (κ1) is 14.5. The van der Waals surface area contributed by atoms with Gasteiger partial charge in [-0.2, -0.15) is 0 Å². The van der Waals surface area contributed by atoms with Gasteiger partial charge in [0.25, 0.3) is 0 Å². The molecule has 3 heteroatoms. The first-order valence-corrected chi connectivity index (χ1v) is 8.02. The highest BCUT2D eigenvalue weighted by molar-refractivity contribution is 5.85. The summed E-state index contributed by atoms with van der Waals surface area (Å²) in [7, 11) is 0. The summed E-state index contributed by atoms with van der Waals surface area (Å²) in [5.74, 6) is 0. The number of pyridine rings is 1. The highest BCUT2D eigenvalue weighted by Gasteiger charge is 2.35. The third-order valence-electron chi connectivity index (χ3n) is 4.68. The average Bonchev–Trinajstić information content (AvgIpc) is 2.54. The predicted octanol–water partition coefficient (Wildman–Crippen LogP) is 3.36. The molecule has 1 fully saturated rings. The maximum atomic E-state index is 11.1. The summed E-state index contributed by atoms with van der Waals surface area (Å²) in [6, 6.07) is 8.73. The number of benzene rings is 1. The smallest absolute Gasteiger partial charge is 0.0903 e. The second-order valence-electron chi connectivity index (χ2n) is 6.16. The fourth-order valence-corrected chi connectivity index (χ4v) is 3.45. The van der Waals surface area contributed by atoms with Crippen molar-refractivity contribution in [1.29, 1.82) is 0 Å². The quantitative estimate of drug-likeness (QED) is 0.905. The minimum Gasteiger partial charge on any atom is -0.385 e. The number of nitrogens with zero attached hydrogens (tertiary/aromatic N) is 1. The fourth-order valence-electron chi connectivity index (χ4n) is 3.45. The van der Waals surface area contributed by atoms with Crippen molar-refractivity contribution >= 4 is 10.8 Å². The average molecular weight is 284 g/mol. The van der Waals surface area contributed by atoms with Crippen LogP contribution in [0.25, 0.3) is 10.8 Å². The van der Waals surface area contributed by atoms with Gasteiger partial charge in [-0.3, -0.25) is 4.98 Å². The van der Waals surface area contributed by atoms with Gasteiger partial charge in [-0.05, 0) is 55.7 Å². The van der Waals surface area contributed by atoms with Gasteiger partial charge in [0.15, 0.2) is 0 Å². The first-order valence-electron chi connectivity index (χ1n) is 8.02. The van der Waals surface area contributed by atoms with E-state index in [4.69, 9.17) is 0 Å². The summed E-state index contributed by atoms with van der Waals surface area (Å²) in [5.41, 5.74) is 0.377. The molecule has 2 aromatic rings. The SMILES string of the molecule is CCCNC1CCC(O)(c2cccc3cnccc23)CC1. The van der Waals surface area contributed by atoms with Crippen LogP contribution in [0.1, 0.15) is 44.6 Å². The van der Waals surface area contributed by atoms with Gasteiger partial charge in [-0.25, -0.2) is 0 Å². The lowest BCUT2D eigenvalue weighted by Crippen LogP contribution is -2.40. The molecule has 0 radical (unpaired) electrons. The first-order chi connectivity index (χ1) is 10.2. The lowest BCUT2D eigenvalue weighted by atomic mass is 9.76. The Balaban J connectivity index is 1.82. The molecule has 0 saturated heterocycles. The molecular weight excluding hydrogens is 260 g/mol. The van der Waals surface area contributed by atoms with Gasteiger partial charge in [-0.1, -0.05) is 25.1 Å².